The highest BCUT2D eigenvalue weighted by atomic mass is 32.1. The van der Waals surface area contributed by atoms with Gasteiger partial charge in [-0.15, -0.1) is 0 Å². The Morgan fingerprint density at radius 1 is 1.30 bits per heavy atom. The SMILES string of the molecule is FC(F)(F)COCCCS. The third-order valence-corrected chi connectivity index (χ3v) is 1.03. The molecule has 0 aromatic carbocycles. The van der Waals surface area contributed by atoms with Crippen LogP contribution in [0.15, 0.2) is 0 Å². The molecule has 1 nitrogen and oxygen atoms in total. The summed E-state index contributed by atoms with van der Waals surface area (Å²) in [6.07, 6.45) is -3.64. The second kappa shape index (κ2) is 4.85. The van der Waals surface area contributed by atoms with E-state index in [-0.39, 0.29) is 6.61 Å². The molecule has 0 unspecified atom stereocenters. The minimum absolute atomic E-state index is 0.128. The Hall–Kier alpha value is 0.100. The lowest BCUT2D eigenvalue weighted by Crippen LogP contribution is -2.17. The molecule has 0 fully saturated rings. The molecule has 0 radical (unpaired) electrons. The van der Waals surface area contributed by atoms with Crippen molar-refractivity contribution in [3.05, 3.63) is 0 Å². The molecule has 62 valence electrons. The van der Waals surface area contributed by atoms with Crippen molar-refractivity contribution in [1.29, 1.82) is 0 Å². The molecule has 0 heterocycles. The van der Waals surface area contributed by atoms with Crippen LogP contribution in [0.2, 0.25) is 0 Å². The summed E-state index contributed by atoms with van der Waals surface area (Å²) in [5, 5.41) is 0. The Labute approximate surface area is 63.0 Å². The molecule has 0 saturated carbocycles. The van der Waals surface area contributed by atoms with E-state index in [2.05, 4.69) is 17.4 Å². The first-order valence-corrected chi connectivity index (χ1v) is 3.45. The molecule has 0 amide bonds. The number of alkyl halides is 3. The van der Waals surface area contributed by atoms with Crippen LogP contribution in [0, 0.1) is 0 Å². The molecule has 0 bridgehead atoms. The van der Waals surface area contributed by atoms with E-state index in [9.17, 15) is 13.2 Å². The molecular weight excluding hydrogens is 165 g/mol. The van der Waals surface area contributed by atoms with Crippen molar-refractivity contribution in [3.63, 3.8) is 0 Å². The summed E-state index contributed by atoms with van der Waals surface area (Å²) < 4.78 is 38.3. The van der Waals surface area contributed by atoms with Crippen molar-refractivity contribution in [2.45, 2.75) is 12.6 Å². The summed E-state index contributed by atoms with van der Waals surface area (Å²) in [4.78, 5) is 0. The van der Waals surface area contributed by atoms with E-state index in [4.69, 9.17) is 0 Å². The van der Waals surface area contributed by atoms with Crippen LogP contribution in [0.5, 0.6) is 0 Å². The Kier molecular flexibility index (Phi) is 4.89. The van der Waals surface area contributed by atoms with Crippen LogP contribution >= 0.6 is 12.6 Å². The average molecular weight is 174 g/mol. The molecule has 0 aliphatic rings. The third-order valence-electron chi connectivity index (χ3n) is 0.713. The molecule has 0 aliphatic carbocycles. The number of rotatable bonds is 4. The highest BCUT2D eigenvalue weighted by Gasteiger charge is 2.26. The number of ether oxygens (including phenoxy) is 1. The van der Waals surface area contributed by atoms with E-state index in [1.54, 1.807) is 0 Å². The van der Waals surface area contributed by atoms with Gasteiger partial charge in [-0.2, -0.15) is 25.8 Å². The third kappa shape index (κ3) is 8.10. The van der Waals surface area contributed by atoms with E-state index in [0.717, 1.165) is 0 Å². The van der Waals surface area contributed by atoms with Crippen molar-refractivity contribution in [3.8, 4) is 0 Å². The molecule has 0 rings (SSSR count). The number of halogens is 3. The molecule has 10 heavy (non-hydrogen) atoms. The first kappa shape index (κ1) is 10.1. The molecule has 0 N–H and O–H groups in total. The van der Waals surface area contributed by atoms with Gasteiger partial charge in [0.25, 0.3) is 0 Å². The minimum atomic E-state index is -4.20. The topological polar surface area (TPSA) is 9.23 Å². The Bertz CT molecular complexity index is 83.5. The quantitative estimate of drug-likeness (QED) is 0.505. The predicted octanol–water partition coefficient (Wildman–Crippen LogP) is 1.89. The molecule has 0 spiro atoms. The van der Waals surface area contributed by atoms with Gasteiger partial charge in [-0.3, -0.25) is 0 Å². The maximum Gasteiger partial charge on any atom is 0.411 e. The van der Waals surface area contributed by atoms with Gasteiger partial charge in [-0.1, -0.05) is 0 Å². The Morgan fingerprint density at radius 3 is 2.30 bits per heavy atom. The lowest BCUT2D eigenvalue weighted by atomic mass is 10.5. The average Bonchev–Trinajstić information content (AvgIpc) is 1.78. The summed E-state index contributed by atoms with van der Waals surface area (Å²) in [5.41, 5.74) is 0. The summed E-state index contributed by atoms with van der Waals surface area (Å²) in [7, 11) is 0. The first-order chi connectivity index (χ1) is 4.56. The fourth-order valence-electron chi connectivity index (χ4n) is 0.355. The van der Waals surface area contributed by atoms with Gasteiger partial charge < -0.3 is 4.74 Å². The second-order valence-corrected chi connectivity index (χ2v) is 2.19. The highest BCUT2D eigenvalue weighted by molar-refractivity contribution is 7.80. The maximum atomic E-state index is 11.3. The van der Waals surface area contributed by atoms with Crippen molar-refractivity contribution in [2.75, 3.05) is 19.0 Å². The van der Waals surface area contributed by atoms with Crippen LogP contribution in [-0.2, 0) is 4.74 Å². The zero-order chi connectivity index (χ0) is 8.04. The van der Waals surface area contributed by atoms with Crippen molar-refractivity contribution in [1.82, 2.24) is 0 Å². The van der Waals surface area contributed by atoms with Crippen LogP contribution in [0.25, 0.3) is 0 Å². The lowest BCUT2D eigenvalue weighted by Gasteiger charge is -2.05. The van der Waals surface area contributed by atoms with Gasteiger partial charge in [0.1, 0.15) is 6.61 Å². The van der Waals surface area contributed by atoms with E-state index < -0.39 is 12.8 Å². The predicted molar refractivity (Wildman–Crippen MR) is 35.3 cm³/mol. The van der Waals surface area contributed by atoms with Crippen LogP contribution in [-0.4, -0.2) is 25.1 Å². The Balaban J connectivity index is 3.04. The lowest BCUT2D eigenvalue weighted by molar-refractivity contribution is -0.173. The van der Waals surface area contributed by atoms with Crippen molar-refractivity contribution >= 4 is 12.6 Å². The van der Waals surface area contributed by atoms with Crippen LogP contribution in [0.1, 0.15) is 6.42 Å². The molecular formula is C5H9F3OS. The standard InChI is InChI=1S/C5H9F3OS/c6-5(7,8)4-9-2-1-3-10/h10H,1-4H2. The van der Waals surface area contributed by atoms with Gasteiger partial charge in [-0.25, -0.2) is 0 Å². The second-order valence-electron chi connectivity index (χ2n) is 1.74. The molecule has 0 aromatic heterocycles. The number of hydrogen-bond acceptors (Lipinski definition) is 2. The number of hydrogen-bond donors (Lipinski definition) is 1. The molecule has 5 heteroatoms. The molecule has 0 saturated heterocycles. The summed E-state index contributed by atoms with van der Waals surface area (Å²) in [6.45, 7) is -1.02. The normalized spacial score (nSPS) is 12.0. The largest absolute Gasteiger partial charge is 0.411 e. The van der Waals surface area contributed by atoms with Gasteiger partial charge in [0.05, 0.1) is 0 Å². The zero-order valence-electron chi connectivity index (χ0n) is 5.32. The fourth-order valence-corrected chi connectivity index (χ4v) is 0.484. The van der Waals surface area contributed by atoms with Crippen LogP contribution < -0.4 is 0 Å². The van der Waals surface area contributed by atoms with E-state index in [1.807, 2.05) is 0 Å². The van der Waals surface area contributed by atoms with Gasteiger partial charge in [-0.05, 0) is 12.2 Å². The van der Waals surface area contributed by atoms with Crippen molar-refractivity contribution < 1.29 is 17.9 Å². The minimum Gasteiger partial charge on any atom is -0.372 e. The highest BCUT2D eigenvalue weighted by Crippen LogP contribution is 2.14. The summed E-state index contributed by atoms with van der Waals surface area (Å²) in [6, 6.07) is 0. The van der Waals surface area contributed by atoms with E-state index in [0.29, 0.717) is 12.2 Å². The van der Waals surface area contributed by atoms with Gasteiger partial charge in [0.2, 0.25) is 0 Å². The van der Waals surface area contributed by atoms with Gasteiger partial charge in [0.15, 0.2) is 0 Å². The first-order valence-electron chi connectivity index (χ1n) is 2.81. The van der Waals surface area contributed by atoms with Crippen LogP contribution in [0.3, 0.4) is 0 Å². The smallest absolute Gasteiger partial charge is 0.372 e. The monoisotopic (exact) mass is 174 g/mol. The summed E-state index contributed by atoms with van der Waals surface area (Å²) >= 11 is 3.80. The van der Waals surface area contributed by atoms with Gasteiger partial charge >= 0.3 is 6.18 Å². The zero-order valence-corrected chi connectivity index (χ0v) is 6.21. The number of thiol groups is 1. The van der Waals surface area contributed by atoms with E-state index >= 15 is 0 Å². The molecule has 0 aliphatic heterocycles. The van der Waals surface area contributed by atoms with Crippen LogP contribution in [0.4, 0.5) is 13.2 Å². The fraction of sp³-hybridized carbons (Fsp3) is 1.00. The molecule has 0 atom stereocenters. The molecule has 0 aromatic rings. The Morgan fingerprint density at radius 2 is 1.90 bits per heavy atom. The van der Waals surface area contributed by atoms with E-state index in [1.165, 1.54) is 0 Å². The maximum absolute atomic E-state index is 11.3. The van der Waals surface area contributed by atoms with Crippen molar-refractivity contribution in [2.24, 2.45) is 0 Å². The summed E-state index contributed by atoms with van der Waals surface area (Å²) in [5.74, 6) is 0.553. The van der Waals surface area contributed by atoms with Gasteiger partial charge in [0, 0.05) is 6.61 Å².